The molecule has 0 aromatic rings. The minimum Gasteiger partial charge on any atom is -0.379 e. The van der Waals surface area contributed by atoms with Crippen molar-refractivity contribution in [3.8, 4) is 0 Å². The van der Waals surface area contributed by atoms with Crippen molar-refractivity contribution >= 4 is 5.91 Å². The van der Waals surface area contributed by atoms with Crippen molar-refractivity contribution in [1.82, 2.24) is 5.32 Å². The molecule has 0 saturated carbocycles. The average Bonchev–Trinajstić information content (AvgIpc) is 2.16. The first-order valence-corrected chi connectivity index (χ1v) is 5.69. The van der Waals surface area contributed by atoms with Crippen molar-refractivity contribution in [2.45, 2.75) is 39.7 Å². The number of ether oxygens (including phenoxy) is 1. The summed E-state index contributed by atoms with van der Waals surface area (Å²) in [5.74, 6) is 0.452. The zero-order valence-electron chi connectivity index (χ0n) is 10.1. The average molecular weight is 216 g/mol. The summed E-state index contributed by atoms with van der Waals surface area (Å²) >= 11 is 0. The van der Waals surface area contributed by atoms with Gasteiger partial charge in [-0.15, -0.1) is 0 Å². The molecule has 0 fully saturated rings. The van der Waals surface area contributed by atoms with Crippen LogP contribution in [0.15, 0.2) is 0 Å². The minimum absolute atomic E-state index is 0.0787. The maximum Gasteiger partial charge on any atom is 0.236 e. The number of amides is 1. The van der Waals surface area contributed by atoms with Crippen molar-refractivity contribution in [2.24, 2.45) is 11.7 Å². The third kappa shape index (κ3) is 8.39. The topological polar surface area (TPSA) is 64.4 Å². The van der Waals surface area contributed by atoms with E-state index in [9.17, 15) is 4.79 Å². The molecule has 0 rings (SSSR count). The Kier molecular flexibility index (Phi) is 8.33. The van der Waals surface area contributed by atoms with E-state index in [1.807, 2.05) is 6.92 Å². The Morgan fingerprint density at radius 3 is 2.67 bits per heavy atom. The lowest BCUT2D eigenvalue weighted by Gasteiger charge is -2.11. The van der Waals surface area contributed by atoms with Crippen LogP contribution in [0.1, 0.15) is 33.6 Å². The van der Waals surface area contributed by atoms with Crippen LogP contribution in [-0.2, 0) is 9.53 Å². The van der Waals surface area contributed by atoms with Gasteiger partial charge in [-0.3, -0.25) is 4.79 Å². The summed E-state index contributed by atoms with van der Waals surface area (Å²) in [6.45, 7) is 8.03. The highest BCUT2D eigenvalue weighted by atomic mass is 16.5. The summed E-state index contributed by atoms with van der Waals surface area (Å²) in [6, 6.07) is -0.375. The van der Waals surface area contributed by atoms with Crippen molar-refractivity contribution in [3.05, 3.63) is 0 Å². The summed E-state index contributed by atoms with van der Waals surface area (Å²) in [5, 5.41) is 2.75. The van der Waals surface area contributed by atoms with Gasteiger partial charge in [-0.2, -0.15) is 0 Å². The van der Waals surface area contributed by atoms with E-state index < -0.39 is 0 Å². The third-order valence-corrected chi connectivity index (χ3v) is 1.93. The second-order valence-corrected chi connectivity index (χ2v) is 4.15. The number of carbonyl (C=O) groups is 1. The maximum atomic E-state index is 11.3. The van der Waals surface area contributed by atoms with Gasteiger partial charge in [0.2, 0.25) is 5.91 Å². The first kappa shape index (κ1) is 14.4. The van der Waals surface area contributed by atoms with Gasteiger partial charge >= 0.3 is 0 Å². The van der Waals surface area contributed by atoms with Crippen LogP contribution in [-0.4, -0.2) is 31.7 Å². The molecule has 4 nitrogen and oxygen atoms in total. The first-order chi connectivity index (χ1) is 7.07. The predicted molar refractivity (Wildman–Crippen MR) is 61.6 cm³/mol. The lowest BCUT2D eigenvalue weighted by Crippen LogP contribution is -2.41. The van der Waals surface area contributed by atoms with Crippen molar-refractivity contribution in [2.75, 3.05) is 19.8 Å². The molecule has 0 radical (unpaired) electrons. The van der Waals surface area contributed by atoms with E-state index in [-0.39, 0.29) is 11.9 Å². The molecular formula is C11H24N2O2. The molecule has 4 heteroatoms. The molecular weight excluding hydrogens is 192 g/mol. The molecule has 0 aliphatic rings. The van der Waals surface area contributed by atoms with Crippen LogP contribution >= 0.6 is 0 Å². The highest BCUT2D eigenvalue weighted by Gasteiger charge is 2.10. The van der Waals surface area contributed by atoms with E-state index in [2.05, 4.69) is 19.2 Å². The highest BCUT2D eigenvalue weighted by Crippen LogP contribution is 1.93. The van der Waals surface area contributed by atoms with E-state index >= 15 is 0 Å². The van der Waals surface area contributed by atoms with Crippen LogP contribution in [0.4, 0.5) is 0 Å². The summed E-state index contributed by atoms with van der Waals surface area (Å²) in [6.07, 6.45) is 1.66. The number of hydrogen-bond acceptors (Lipinski definition) is 3. The fourth-order valence-electron chi connectivity index (χ4n) is 1.14. The molecule has 0 aromatic heterocycles. The summed E-state index contributed by atoms with van der Waals surface area (Å²) < 4.78 is 5.33. The monoisotopic (exact) mass is 216 g/mol. The van der Waals surface area contributed by atoms with Crippen molar-refractivity contribution in [3.63, 3.8) is 0 Å². The van der Waals surface area contributed by atoms with E-state index in [0.29, 0.717) is 19.1 Å². The Labute approximate surface area is 92.6 Å². The Morgan fingerprint density at radius 1 is 1.47 bits per heavy atom. The fourth-order valence-corrected chi connectivity index (χ4v) is 1.14. The van der Waals surface area contributed by atoms with Crippen LogP contribution in [0.3, 0.4) is 0 Å². The predicted octanol–water partition coefficient (Wildman–Crippen LogP) is 0.903. The largest absolute Gasteiger partial charge is 0.379 e. The Balaban J connectivity index is 3.38. The van der Waals surface area contributed by atoms with E-state index in [1.165, 1.54) is 0 Å². The molecule has 0 aliphatic heterocycles. The van der Waals surface area contributed by atoms with Gasteiger partial charge in [0.25, 0.3) is 0 Å². The van der Waals surface area contributed by atoms with Crippen LogP contribution in [0.25, 0.3) is 0 Å². The molecule has 3 N–H and O–H groups in total. The molecule has 0 aliphatic carbocycles. The molecule has 1 amide bonds. The SMILES string of the molecule is CCC[C@H](N)C(=O)NCCOCC(C)C. The Hall–Kier alpha value is -0.610. The molecule has 90 valence electrons. The van der Waals surface area contributed by atoms with Crippen LogP contribution in [0.2, 0.25) is 0 Å². The number of hydrogen-bond donors (Lipinski definition) is 2. The summed E-state index contributed by atoms with van der Waals surface area (Å²) in [5.41, 5.74) is 5.64. The lowest BCUT2D eigenvalue weighted by atomic mass is 10.2. The number of carbonyl (C=O) groups excluding carboxylic acids is 1. The molecule has 0 bridgehead atoms. The normalized spacial score (nSPS) is 12.9. The van der Waals surface area contributed by atoms with Gasteiger partial charge in [-0.05, 0) is 12.3 Å². The van der Waals surface area contributed by atoms with Crippen molar-refractivity contribution < 1.29 is 9.53 Å². The van der Waals surface area contributed by atoms with Gasteiger partial charge in [-0.1, -0.05) is 27.2 Å². The molecule has 0 heterocycles. The molecule has 15 heavy (non-hydrogen) atoms. The first-order valence-electron chi connectivity index (χ1n) is 5.69. The number of rotatable bonds is 8. The molecule has 0 saturated heterocycles. The van der Waals surface area contributed by atoms with Crippen LogP contribution in [0, 0.1) is 5.92 Å². The van der Waals surface area contributed by atoms with Gasteiger partial charge in [0.1, 0.15) is 0 Å². The summed E-state index contributed by atoms with van der Waals surface area (Å²) in [7, 11) is 0. The number of nitrogens with two attached hydrogens (primary N) is 1. The second kappa shape index (κ2) is 8.68. The lowest BCUT2D eigenvalue weighted by molar-refractivity contribution is -0.122. The van der Waals surface area contributed by atoms with Gasteiger partial charge in [0.05, 0.1) is 12.6 Å². The quantitative estimate of drug-likeness (QED) is 0.593. The number of nitrogens with one attached hydrogen (secondary N) is 1. The zero-order valence-corrected chi connectivity index (χ0v) is 10.1. The van der Waals surface area contributed by atoms with Crippen molar-refractivity contribution in [1.29, 1.82) is 0 Å². The molecule has 0 unspecified atom stereocenters. The molecule has 0 spiro atoms. The zero-order chi connectivity index (χ0) is 11.7. The van der Waals surface area contributed by atoms with Crippen LogP contribution in [0.5, 0.6) is 0 Å². The summed E-state index contributed by atoms with van der Waals surface area (Å²) in [4.78, 5) is 11.3. The smallest absolute Gasteiger partial charge is 0.236 e. The van der Waals surface area contributed by atoms with E-state index in [0.717, 1.165) is 19.4 Å². The van der Waals surface area contributed by atoms with Crippen LogP contribution < -0.4 is 11.1 Å². The Morgan fingerprint density at radius 2 is 2.13 bits per heavy atom. The molecule has 0 aromatic carbocycles. The molecule has 1 atom stereocenters. The third-order valence-electron chi connectivity index (χ3n) is 1.93. The minimum atomic E-state index is -0.375. The highest BCUT2D eigenvalue weighted by molar-refractivity contribution is 5.81. The fraction of sp³-hybridized carbons (Fsp3) is 0.909. The van der Waals surface area contributed by atoms with E-state index in [4.69, 9.17) is 10.5 Å². The standard InChI is InChI=1S/C11H24N2O2/c1-4-5-10(12)11(14)13-6-7-15-8-9(2)3/h9-10H,4-8,12H2,1-3H3,(H,13,14)/t10-/m0/s1. The van der Waals surface area contributed by atoms with Gasteiger partial charge in [0.15, 0.2) is 0 Å². The maximum absolute atomic E-state index is 11.3. The van der Waals surface area contributed by atoms with E-state index in [1.54, 1.807) is 0 Å². The Bertz CT molecular complexity index is 172. The van der Waals surface area contributed by atoms with Gasteiger partial charge < -0.3 is 15.8 Å². The van der Waals surface area contributed by atoms with Gasteiger partial charge in [-0.25, -0.2) is 0 Å². The van der Waals surface area contributed by atoms with Gasteiger partial charge in [0, 0.05) is 13.2 Å². The second-order valence-electron chi connectivity index (χ2n) is 4.15.